The molecule has 2 aromatic rings. The van der Waals surface area contributed by atoms with Crippen LogP contribution in [-0.4, -0.2) is 34.5 Å². The van der Waals surface area contributed by atoms with Gasteiger partial charge in [-0.3, -0.25) is 19.4 Å². The normalized spacial score (nSPS) is 11.0. The van der Waals surface area contributed by atoms with E-state index in [4.69, 9.17) is 4.42 Å². The lowest BCUT2D eigenvalue weighted by Gasteiger charge is -2.00. The molecule has 4 N–H and O–H groups in total. The average molecular weight is 331 g/mol. The number of amides is 2. The van der Waals surface area contributed by atoms with Gasteiger partial charge in [0.15, 0.2) is 0 Å². The Morgan fingerprint density at radius 1 is 1.33 bits per heavy atom. The third-order valence-electron chi connectivity index (χ3n) is 2.61. The highest BCUT2D eigenvalue weighted by atomic mass is 16.3. The molecule has 0 saturated carbocycles. The number of aromatic amines is 2. The molecule has 0 fully saturated rings. The van der Waals surface area contributed by atoms with E-state index < -0.39 is 23.1 Å². The maximum atomic E-state index is 11.5. The van der Waals surface area contributed by atoms with Crippen LogP contribution in [0.1, 0.15) is 11.3 Å². The summed E-state index contributed by atoms with van der Waals surface area (Å²) in [6.45, 7) is -0.305. The molecule has 10 heteroatoms. The van der Waals surface area contributed by atoms with Gasteiger partial charge < -0.3 is 14.7 Å². The van der Waals surface area contributed by atoms with E-state index in [9.17, 15) is 19.2 Å². The summed E-state index contributed by atoms with van der Waals surface area (Å²) in [6, 6.07) is 3.35. The van der Waals surface area contributed by atoms with Gasteiger partial charge in [-0.05, 0) is 18.2 Å². The molecule has 0 bridgehead atoms. The Labute approximate surface area is 134 Å². The second-order valence-corrected chi connectivity index (χ2v) is 4.39. The fourth-order valence-corrected chi connectivity index (χ4v) is 1.50. The minimum Gasteiger partial charge on any atom is -0.465 e. The van der Waals surface area contributed by atoms with E-state index in [1.54, 1.807) is 12.1 Å². The van der Waals surface area contributed by atoms with Crippen molar-refractivity contribution in [1.82, 2.24) is 20.7 Å². The van der Waals surface area contributed by atoms with Gasteiger partial charge in [0.05, 0.1) is 24.6 Å². The van der Waals surface area contributed by atoms with Crippen molar-refractivity contribution in [2.45, 2.75) is 0 Å². The molecule has 0 radical (unpaired) electrons. The summed E-state index contributed by atoms with van der Waals surface area (Å²) in [5, 5.41) is 5.89. The first-order chi connectivity index (χ1) is 11.5. The van der Waals surface area contributed by atoms with Crippen LogP contribution in [0.5, 0.6) is 0 Å². The first-order valence-corrected chi connectivity index (χ1v) is 6.68. The summed E-state index contributed by atoms with van der Waals surface area (Å²) in [7, 11) is 0. The lowest BCUT2D eigenvalue weighted by atomic mass is 10.4. The van der Waals surface area contributed by atoms with Crippen LogP contribution in [0.4, 0.5) is 0 Å². The third kappa shape index (κ3) is 5.26. The van der Waals surface area contributed by atoms with E-state index in [2.05, 4.69) is 20.8 Å². The quantitative estimate of drug-likeness (QED) is 0.302. The molecule has 2 rings (SSSR count). The van der Waals surface area contributed by atoms with Crippen molar-refractivity contribution in [3.05, 3.63) is 62.8 Å². The minimum absolute atomic E-state index is 0.0558. The molecule has 2 heterocycles. The van der Waals surface area contributed by atoms with Gasteiger partial charge in [0.25, 0.3) is 11.5 Å². The zero-order chi connectivity index (χ0) is 17.4. The number of carbonyl (C=O) groups excluding carboxylic acids is 2. The summed E-state index contributed by atoms with van der Waals surface area (Å²) in [5.74, 6) is -0.570. The maximum Gasteiger partial charge on any atom is 0.325 e. The van der Waals surface area contributed by atoms with Crippen molar-refractivity contribution in [2.24, 2.45) is 5.10 Å². The number of hydrogen-bond acceptors (Lipinski definition) is 6. The van der Waals surface area contributed by atoms with Gasteiger partial charge in [0.1, 0.15) is 5.76 Å². The first-order valence-electron chi connectivity index (χ1n) is 6.68. The van der Waals surface area contributed by atoms with E-state index >= 15 is 0 Å². The summed E-state index contributed by atoms with van der Waals surface area (Å²) in [6.07, 6.45) is 6.35. The van der Waals surface area contributed by atoms with Crippen molar-refractivity contribution >= 4 is 24.1 Å². The van der Waals surface area contributed by atoms with Gasteiger partial charge in [-0.2, -0.15) is 5.10 Å². The number of nitrogens with zero attached hydrogens (tertiary/aromatic N) is 1. The number of nitrogens with one attached hydrogen (secondary N) is 4. The van der Waals surface area contributed by atoms with Gasteiger partial charge in [-0.25, -0.2) is 10.2 Å². The van der Waals surface area contributed by atoms with Crippen LogP contribution in [0, 0.1) is 0 Å². The van der Waals surface area contributed by atoms with Gasteiger partial charge in [-0.15, -0.1) is 0 Å². The fraction of sp³-hybridized carbons (Fsp3) is 0.0714. The standard InChI is InChI=1S/C14H13N5O5/c20-11(4-3-10-2-1-5-24-10)15-8-12(21)19-17-7-9-6-16-14(23)18-13(9)22/h1-7H,8H2,(H,15,20)(H,19,21)(H2,16,18,22,23)/b4-3?,17-7+. The summed E-state index contributed by atoms with van der Waals surface area (Å²) >= 11 is 0. The fourth-order valence-electron chi connectivity index (χ4n) is 1.50. The second-order valence-electron chi connectivity index (χ2n) is 4.39. The summed E-state index contributed by atoms with van der Waals surface area (Å²) < 4.78 is 5.01. The van der Waals surface area contributed by atoms with Crippen molar-refractivity contribution in [3.8, 4) is 0 Å². The molecule has 124 valence electrons. The largest absolute Gasteiger partial charge is 0.465 e. The van der Waals surface area contributed by atoms with E-state index in [1.165, 1.54) is 18.4 Å². The van der Waals surface area contributed by atoms with Crippen molar-refractivity contribution < 1.29 is 14.0 Å². The van der Waals surface area contributed by atoms with Crippen molar-refractivity contribution in [2.75, 3.05) is 6.54 Å². The van der Waals surface area contributed by atoms with Gasteiger partial charge in [-0.1, -0.05) is 0 Å². The third-order valence-corrected chi connectivity index (χ3v) is 2.61. The molecule has 0 aromatic carbocycles. The highest BCUT2D eigenvalue weighted by Gasteiger charge is 2.02. The first kappa shape index (κ1) is 16.7. The summed E-state index contributed by atoms with van der Waals surface area (Å²) in [5.41, 5.74) is 0.890. The lowest BCUT2D eigenvalue weighted by Crippen LogP contribution is -2.34. The Morgan fingerprint density at radius 3 is 2.88 bits per heavy atom. The zero-order valence-electron chi connectivity index (χ0n) is 12.2. The highest BCUT2D eigenvalue weighted by Crippen LogP contribution is 2.01. The molecule has 0 aliphatic carbocycles. The minimum atomic E-state index is -0.647. The Balaban J connectivity index is 1.77. The molecule has 24 heavy (non-hydrogen) atoms. The zero-order valence-corrected chi connectivity index (χ0v) is 12.2. The molecule has 0 unspecified atom stereocenters. The Hall–Kier alpha value is -3.69. The van der Waals surface area contributed by atoms with Crippen LogP contribution in [0.3, 0.4) is 0 Å². The van der Waals surface area contributed by atoms with Gasteiger partial charge in [0, 0.05) is 12.3 Å². The molecule has 0 aliphatic heterocycles. The highest BCUT2D eigenvalue weighted by molar-refractivity contribution is 5.94. The predicted octanol–water partition coefficient (Wildman–Crippen LogP) is -1.06. The van der Waals surface area contributed by atoms with Crippen molar-refractivity contribution in [1.29, 1.82) is 0 Å². The Kier molecular flexibility index (Phi) is 5.61. The molecular weight excluding hydrogens is 318 g/mol. The molecule has 0 spiro atoms. The molecule has 0 atom stereocenters. The lowest BCUT2D eigenvalue weighted by molar-refractivity contribution is -0.123. The van der Waals surface area contributed by atoms with Crippen molar-refractivity contribution in [3.63, 3.8) is 0 Å². The SMILES string of the molecule is O=C(C=Cc1ccco1)NCC(=O)N/N=C/c1c[nH]c(=O)[nH]c1=O. The number of aromatic nitrogens is 2. The van der Waals surface area contributed by atoms with Gasteiger partial charge >= 0.3 is 5.69 Å². The van der Waals surface area contributed by atoms with Gasteiger partial charge in [0.2, 0.25) is 5.91 Å². The number of hydrazone groups is 1. The number of hydrogen-bond donors (Lipinski definition) is 4. The van der Waals surface area contributed by atoms with Crippen LogP contribution in [0.2, 0.25) is 0 Å². The van der Waals surface area contributed by atoms with E-state index in [0.717, 1.165) is 12.4 Å². The predicted molar refractivity (Wildman–Crippen MR) is 84.2 cm³/mol. The number of rotatable bonds is 6. The molecular formula is C14H13N5O5. The van der Waals surface area contributed by atoms with Crippen LogP contribution in [0.15, 0.2) is 49.8 Å². The molecule has 2 aromatic heterocycles. The topological polar surface area (TPSA) is 149 Å². The van der Waals surface area contributed by atoms with Crippen LogP contribution in [-0.2, 0) is 9.59 Å². The monoisotopic (exact) mass is 331 g/mol. The summed E-state index contributed by atoms with van der Waals surface area (Å²) in [4.78, 5) is 49.4. The smallest absolute Gasteiger partial charge is 0.325 e. The molecule has 2 amide bonds. The average Bonchev–Trinajstić information content (AvgIpc) is 3.06. The number of furan rings is 1. The number of H-pyrrole nitrogens is 2. The van der Waals surface area contributed by atoms with Crippen LogP contribution in [0.25, 0.3) is 6.08 Å². The van der Waals surface area contributed by atoms with Crippen LogP contribution >= 0.6 is 0 Å². The van der Waals surface area contributed by atoms with E-state index in [-0.39, 0.29) is 12.1 Å². The molecule has 10 nitrogen and oxygen atoms in total. The van der Waals surface area contributed by atoms with Crippen LogP contribution < -0.4 is 22.0 Å². The Bertz CT molecular complexity index is 875. The van der Waals surface area contributed by atoms with E-state index in [1.807, 2.05) is 4.98 Å². The second kappa shape index (κ2) is 8.08. The number of carbonyl (C=O) groups is 2. The Morgan fingerprint density at radius 2 is 2.17 bits per heavy atom. The van der Waals surface area contributed by atoms with E-state index in [0.29, 0.717) is 5.76 Å². The molecule has 0 saturated heterocycles. The molecule has 0 aliphatic rings. The maximum absolute atomic E-state index is 11.5.